The number of anilines is 2. The minimum absolute atomic E-state index is 0.0509. The second-order valence-corrected chi connectivity index (χ2v) is 33.3. The summed E-state index contributed by atoms with van der Waals surface area (Å²) in [5.41, 5.74) is 0.395. The Labute approximate surface area is 386 Å². The summed E-state index contributed by atoms with van der Waals surface area (Å²) < 4.78 is 36.8. The van der Waals surface area contributed by atoms with Crippen LogP contribution in [0.2, 0.25) is 51.4 Å². The number of fused-ring (bicyclic) bond motifs is 4. The number of carbonyl (C=O) groups is 4. The SMILES string of the molecule is COc1cc2c(cc1OCC(C)(C)CC(C)(C)COc1cc3c(cc1OC)C(=O)N1CC(O)C[C@H]1C(=O)N3COCC[Si](C)(C)C)N(COCC[Si](C)(C)C)C(=O)C1CC(O)CN1C2=O. The van der Waals surface area contributed by atoms with E-state index in [1.165, 1.54) is 33.8 Å². The Balaban J connectivity index is 1.20. The van der Waals surface area contributed by atoms with Gasteiger partial charge in [-0.3, -0.25) is 29.0 Å². The molecule has 0 aromatic heterocycles. The molecule has 65 heavy (non-hydrogen) atoms. The van der Waals surface area contributed by atoms with E-state index in [2.05, 4.69) is 67.0 Å². The van der Waals surface area contributed by atoms with Gasteiger partial charge < -0.3 is 48.4 Å². The Bertz CT molecular complexity index is 1960. The normalized spacial score (nSPS) is 21.5. The number of aliphatic hydroxyl groups is 2. The molecule has 0 spiro atoms. The molecule has 2 N–H and O–H groups in total. The molecule has 2 aromatic rings. The van der Waals surface area contributed by atoms with Crippen LogP contribution in [0.3, 0.4) is 0 Å². The van der Waals surface area contributed by atoms with E-state index in [0.717, 1.165) is 12.1 Å². The molecule has 4 amide bonds. The smallest absolute Gasteiger partial charge is 0.256 e. The number of hydrogen-bond donors (Lipinski definition) is 2. The lowest BCUT2D eigenvalue weighted by Gasteiger charge is -2.35. The second-order valence-electron chi connectivity index (χ2n) is 22.1. The summed E-state index contributed by atoms with van der Waals surface area (Å²) in [4.78, 5) is 62.0. The van der Waals surface area contributed by atoms with Crippen LogP contribution < -0.4 is 28.7 Å². The van der Waals surface area contributed by atoms with Crippen LogP contribution in [0.5, 0.6) is 23.0 Å². The van der Waals surface area contributed by atoms with Crippen molar-refractivity contribution in [3.05, 3.63) is 35.4 Å². The van der Waals surface area contributed by atoms with E-state index < -0.39 is 51.3 Å². The van der Waals surface area contributed by atoms with Crippen LogP contribution >= 0.6 is 0 Å². The number of ether oxygens (including phenoxy) is 6. The van der Waals surface area contributed by atoms with E-state index in [4.69, 9.17) is 28.4 Å². The van der Waals surface area contributed by atoms with Crippen molar-refractivity contribution >= 4 is 51.2 Å². The van der Waals surface area contributed by atoms with E-state index in [1.807, 2.05) is 0 Å². The number of amides is 4. The standard InChI is InChI=1S/C47H72N4O12Si2/c1-46(2,26-62-40-21-34-32(19-38(40)58-5)42(54)48-23-30(52)17-36(48)44(56)50(34)28-60-13-15-64(7,8)9)25-47(3,4)27-63-41-22-35-33(20-39(41)59-6)43(55)49-24-31(53)18-37(49)45(57)51(35)29-61-14-16-65(10,11)12/h19-22,30-31,36-37,52-53H,13-18,23-29H2,1-12H3/t30?,31?,36-,37?/m0/s1. The fourth-order valence-electron chi connectivity index (χ4n) is 9.16. The third-order valence-corrected chi connectivity index (χ3v) is 15.8. The first-order valence-electron chi connectivity index (χ1n) is 22.8. The summed E-state index contributed by atoms with van der Waals surface area (Å²) in [5.74, 6) is 0.0340. The lowest BCUT2D eigenvalue weighted by Crippen LogP contribution is -2.45. The highest BCUT2D eigenvalue weighted by Crippen LogP contribution is 2.44. The number of nitrogens with zero attached hydrogens (tertiary/aromatic N) is 4. The minimum Gasteiger partial charge on any atom is -0.493 e. The van der Waals surface area contributed by atoms with Gasteiger partial charge in [-0.05, 0) is 41.5 Å². The second kappa shape index (κ2) is 19.6. The molecule has 2 fully saturated rings. The Kier molecular flexibility index (Phi) is 15.1. The highest BCUT2D eigenvalue weighted by Gasteiger charge is 2.47. The van der Waals surface area contributed by atoms with Crippen LogP contribution in [0.1, 0.15) is 67.7 Å². The molecule has 2 aromatic carbocycles. The quantitative estimate of drug-likeness (QED) is 0.116. The van der Waals surface area contributed by atoms with Crippen LogP contribution in [0, 0.1) is 10.8 Å². The molecule has 18 heteroatoms. The van der Waals surface area contributed by atoms with E-state index in [1.54, 1.807) is 24.3 Å². The van der Waals surface area contributed by atoms with Gasteiger partial charge >= 0.3 is 0 Å². The predicted molar refractivity (Wildman–Crippen MR) is 253 cm³/mol. The summed E-state index contributed by atoms with van der Waals surface area (Å²) in [6.07, 6.45) is -0.690. The largest absolute Gasteiger partial charge is 0.493 e. The number of carbonyl (C=O) groups excluding carboxylic acids is 4. The fourth-order valence-corrected chi connectivity index (χ4v) is 10.7. The Morgan fingerprint density at radius 1 is 0.600 bits per heavy atom. The Hall–Kier alpha value is -4.21. The third-order valence-electron chi connectivity index (χ3n) is 12.4. The van der Waals surface area contributed by atoms with E-state index in [9.17, 15) is 29.4 Å². The highest BCUT2D eigenvalue weighted by atomic mass is 28.3. The first kappa shape index (κ1) is 50.2. The highest BCUT2D eigenvalue weighted by molar-refractivity contribution is 6.76. The average Bonchev–Trinajstić information content (AvgIpc) is 3.78. The average molecular weight is 941 g/mol. The van der Waals surface area contributed by atoms with Crippen molar-refractivity contribution in [3.8, 4) is 23.0 Å². The molecular formula is C47H72N4O12Si2. The van der Waals surface area contributed by atoms with Gasteiger partial charge in [0.25, 0.3) is 23.6 Å². The number of methoxy groups -OCH3 is 2. The van der Waals surface area contributed by atoms with E-state index >= 15 is 0 Å². The molecule has 6 rings (SSSR count). The topological polar surface area (TPSA) is 177 Å². The molecular weight excluding hydrogens is 869 g/mol. The van der Waals surface area contributed by atoms with E-state index in [0.29, 0.717) is 54.0 Å². The summed E-state index contributed by atoms with van der Waals surface area (Å²) in [6.45, 7) is 23.3. The number of rotatable bonds is 20. The summed E-state index contributed by atoms with van der Waals surface area (Å²) in [5, 5.41) is 21.0. The molecule has 0 radical (unpaired) electrons. The van der Waals surface area contributed by atoms with Gasteiger partial charge in [0.15, 0.2) is 23.0 Å². The summed E-state index contributed by atoms with van der Waals surface area (Å²) >= 11 is 0. The lowest BCUT2D eigenvalue weighted by atomic mass is 9.76. The van der Waals surface area contributed by atoms with Gasteiger partial charge in [0.1, 0.15) is 25.5 Å². The van der Waals surface area contributed by atoms with Crippen molar-refractivity contribution in [3.63, 3.8) is 0 Å². The molecule has 4 aliphatic heterocycles. The predicted octanol–water partition coefficient (Wildman–Crippen LogP) is 6.07. The number of benzene rings is 2. The van der Waals surface area contributed by atoms with Gasteiger partial charge in [-0.25, -0.2) is 0 Å². The molecule has 4 heterocycles. The maximum Gasteiger partial charge on any atom is 0.256 e. The zero-order chi connectivity index (χ0) is 47.8. The third kappa shape index (κ3) is 11.9. The minimum atomic E-state index is -1.42. The Morgan fingerprint density at radius 3 is 1.31 bits per heavy atom. The van der Waals surface area contributed by atoms with Crippen LogP contribution in [-0.4, -0.2) is 151 Å². The molecule has 3 unspecified atom stereocenters. The first-order valence-corrected chi connectivity index (χ1v) is 30.2. The van der Waals surface area contributed by atoms with Crippen molar-refractivity contribution in [1.82, 2.24) is 9.80 Å². The van der Waals surface area contributed by atoms with Gasteiger partial charge in [0.2, 0.25) is 0 Å². The van der Waals surface area contributed by atoms with Crippen LogP contribution in [-0.2, 0) is 19.1 Å². The molecule has 360 valence electrons. The van der Waals surface area contributed by atoms with Gasteiger partial charge in [-0.2, -0.15) is 0 Å². The van der Waals surface area contributed by atoms with Gasteiger partial charge in [-0.15, -0.1) is 0 Å². The Morgan fingerprint density at radius 2 is 0.969 bits per heavy atom. The fraction of sp³-hybridized carbons (Fsp3) is 0.660. The van der Waals surface area contributed by atoms with Crippen molar-refractivity contribution in [2.24, 2.45) is 10.8 Å². The van der Waals surface area contributed by atoms with Crippen molar-refractivity contribution in [2.45, 2.75) is 123 Å². The number of hydrogen-bond acceptors (Lipinski definition) is 12. The lowest BCUT2D eigenvalue weighted by molar-refractivity contribution is -0.124. The van der Waals surface area contributed by atoms with Crippen LogP contribution in [0.25, 0.3) is 0 Å². The van der Waals surface area contributed by atoms with Crippen molar-refractivity contribution < 1.29 is 57.8 Å². The molecule has 0 bridgehead atoms. The van der Waals surface area contributed by atoms with Gasteiger partial charge in [-0.1, -0.05) is 67.0 Å². The first-order chi connectivity index (χ1) is 30.3. The van der Waals surface area contributed by atoms with Crippen molar-refractivity contribution in [2.75, 3.05) is 77.0 Å². The molecule has 4 atom stereocenters. The van der Waals surface area contributed by atoms with Crippen LogP contribution in [0.15, 0.2) is 24.3 Å². The van der Waals surface area contributed by atoms with Gasteiger partial charge in [0, 0.05) is 67.4 Å². The molecule has 0 aliphatic carbocycles. The van der Waals surface area contributed by atoms with Crippen LogP contribution in [0.4, 0.5) is 11.4 Å². The molecule has 16 nitrogen and oxygen atoms in total. The molecule has 2 saturated heterocycles. The maximum atomic E-state index is 14.1. The van der Waals surface area contributed by atoms with Gasteiger partial charge in [0.05, 0.1) is 62.1 Å². The van der Waals surface area contributed by atoms with E-state index in [-0.39, 0.29) is 87.4 Å². The zero-order valence-electron chi connectivity index (χ0n) is 40.6. The molecule has 4 aliphatic rings. The zero-order valence-corrected chi connectivity index (χ0v) is 42.6. The van der Waals surface area contributed by atoms with Crippen molar-refractivity contribution in [1.29, 1.82) is 0 Å². The maximum absolute atomic E-state index is 14.1. The monoisotopic (exact) mass is 940 g/mol. The molecule has 0 saturated carbocycles. The summed E-state index contributed by atoms with van der Waals surface area (Å²) in [7, 11) is 0.172. The summed E-state index contributed by atoms with van der Waals surface area (Å²) in [6, 6.07) is 6.76. The number of aliphatic hydroxyl groups excluding tert-OH is 2.